The molecule has 0 atom stereocenters. The normalized spacial score (nSPS) is 14.0. The molecule has 2 aromatic carbocycles. The van der Waals surface area contributed by atoms with E-state index in [4.69, 9.17) is 31.0 Å². The fourth-order valence-corrected chi connectivity index (χ4v) is 6.04. The number of thiophene rings is 1. The van der Waals surface area contributed by atoms with Crippen LogP contribution < -0.4 is 20.5 Å². The summed E-state index contributed by atoms with van der Waals surface area (Å²) in [7, 11) is 0. The molecular formula is C29H31ClN6O2S. The number of morpholine rings is 1. The Kier molecular flexibility index (Phi) is 7.56. The van der Waals surface area contributed by atoms with Gasteiger partial charge < -0.3 is 18.9 Å². The molecule has 1 aliphatic rings. The highest BCUT2D eigenvalue weighted by atomic mass is 35.5. The van der Waals surface area contributed by atoms with Gasteiger partial charge in [-0.3, -0.25) is 5.43 Å². The fourth-order valence-electron chi connectivity index (χ4n) is 4.83. The van der Waals surface area contributed by atoms with E-state index >= 15 is 0 Å². The summed E-state index contributed by atoms with van der Waals surface area (Å²) >= 11 is 7.68. The maximum atomic E-state index is 6.08. The van der Waals surface area contributed by atoms with Gasteiger partial charge in [0.15, 0.2) is 10.9 Å². The van der Waals surface area contributed by atoms with E-state index < -0.39 is 0 Å². The first-order valence-corrected chi connectivity index (χ1v) is 14.3. The van der Waals surface area contributed by atoms with E-state index in [1.165, 1.54) is 22.0 Å². The van der Waals surface area contributed by atoms with Crippen LogP contribution in [0.1, 0.15) is 25.0 Å². The molecule has 0 amide bonds. The Labute approximate surface area is 236 Å². The first kappa shape index (κ1) is 25.9. The predicted octanol–water partition coefficient (Wildman–Crippen LogP) is 6.09. The highest BCUT2D eigenvalue weighted by Crippen LogP contribution is 2.37. The largest absolute Gasteiger partial charge is 0.481 e. The zero-order valence-corrected chi connectivity index (χ0v) is 23.6. The number of hydrogen-bond acceptors (Lipinski definition) is 8. The third kappa shape index (κ3) is 5.81. The molecule has 0 aliphatic carbocycles. The number of hydrogen-bond donors (Lipinski definition) is 2. The highest BCUT2D eigenvalue weighted by Gasteiger charge is 2.20. The minimum absolute atomic E-state index is 0.0962. The lowest BCUT2D eigenvalue weighted by atomic mass is 10.2. The molecule has 2 N–H and O–H groups in total. The van der Waals surface area contributed by atoms with Crippen molar-refractivity contribution in [3.05, 3.63) is 76.9 Å². The van der Waals surface area contributed by atoms with E-state index in [0.717, 1.165) is 45.8 Å². The molecule has 0 spiro atoms. The molecule has 202 valence electrons. The van der Waals surface area contributed by atoms with Gasteiger partial charge in [-0.1, -0.05) is 53.3 Å². The molecule has 4 heterocycles. The van der Waals surface area contributed by atoms with Crippen LogP contribution in [0.15, 0.2) is 60.8 Å². The Bertz CT molecular complexity index is 1580. The number of rotatable bonds is 9. The van der Waals surface area contributed by atoms with E-state index in [1.807, 2.05) is 32.0 Å². The Morgan fingerprint density at radius 1 is 1.08 bits per heavy atom. The van der Waals surface area contributed by atoms with E-state index in [9.17, 15) is 0 Å². The Morgan fingerprint density at radius 2 is 1.87 bits per heavy atom. The van der Waals surface area contributed by atoms with Gasteiger partial charge in [0.05, 0.1) is 29.5 Å². The summed E-state index contributed by atoms with van der Waals surface area (Å²) in [5.41, 5.74) is 11.1. The van der Waals surface area contributed by atoms with Crippen LogP contribution in [0, 0.1) is 0 Å². The summed E-state index contributed by atoms with van der Waals surface area (Å²) in [4.78, 5) is 12.0. The Balaban J connectivity index is 1.23. The van der Waals surface area contributed by atoms with Crippen LogP contribution in [0.3, 0.4) is 0 Å². The number of nitrogens with one attached hydrogen (secondary N) is 2. The zero-order valence-electron chi connectivity index (χ0n) is 22.0. The van der Waals surface area contributed by atoms with Crippen LogP contribution in [0.25, 0.3) is 21.1 Å². The zero-order chi connectivity index (χ0) is 26.8. The molecule has 0 radical (unpaired) electrons. The summed E-state index contributed by atoms with van der Waals surface area (Å²) in [6, 6.07) is 18.5. The van der Waals surface area contributed by atoms with E-state index in [2.05, 4.69) is 62.9 Å². The standard InChI is InChI=1S/C29H31ClN6O2S/c1-19(2)38-26-15-24-27(39-26)28(35-11-13-37-14-12-35)33-29(32-24)34-31-16-21-18-36(25-6-4-3-5-23(21)25)17-20-7-9-22(30)10-8-20/h3-10,15,18-19,31H,11-14,16-17H2,1-2H3,(H,32,33,34). The van der Waals surface area contributed by atoms with Crippen LogP contribution in [-0.4, -0.2) is 46.9 Å². The van der Waals surface area contributed by atoms with Crippen molar-refractivity contribution in [2.45, 2.75) is 33.0 Å². The maximum absolute atomic E-state index is 6.08. The van der Waals surface area contributed by atoms with Crippen molar-refractivity contribution in [1.82, 2.24) is 20.0 Å². The van der Waals surface area contributed by atoms with Crippen molar-refractivity contribution < 1.29 is 9.47 Å². The van der Waals surface area contributed by atoms with Crippen LogP contribution in [-0.2, 0) is 17.8 Å². The maximum Gasteiger partial charge on any atom is 0.239 e. The molecule has 8 nitrogen and oxygen atoms in total. The quantitative estimate of drug-likeness (QED) is 0.211. The topological polar surface area (TPSA) is 76.5 Å². The molecule has 10 heteroatoms. The molecule has 6 rings (SSSR count). The highest BCUT2D eigenvalue weighted by molar-refractivity contribution is 7.21. The molecule has 1 aliphatic heterocycles. The summed E-state index contributed by atoms with van der Waals surface area (Å²) in [5, 5.41) is 2.80. The number of anilines is 2. The van der Waals surface area contributed by atoms with Gasteiger partial charge >= 0.3 is 0 Å². The minimum atomic E-state index is 0.0962. The van der Waals surface area contributed by atoms with Crippen LogP contribution in [0.5, 0.6) is 5.06 Å². The average molecular weight is 563 g/mol. The molecule has 3 aromatic heterocycles. The number of fused-ring (bicyclic) bond motifs is 2. The van der Waals surface area contributed by atoms with Gasteiger partial charge in [-0.25, -0.2) is 10.4 Å². The summed E-state index contributed by atoms with van der Waals surface area (Å²) in [5.74, 6) is 1.44. The molecule has 0 bridgehead atoms. The molecule has 39 heavy (non-hydrogen) atoms. The SMILES string of the molecule is CC(C)Oc1cc2nc(NNCc3cn(Cc4ccc(Cl)cc4)c4ccccc34)nc(N3CCOCC3)c2s1. The van der Waals surface area contributed by atoms with E-state index in [1.54, 1.807) is 11.3 Å². The molecular weight excluding hydrogens is 532 g/mol. The van der Waals surface area contributed by atoms with Crippen LogP contribution in [0.2, 0.25) is 5.02 Å². The average Bonchev–Trinajstić information content (AvgIpc) is 3.50. The van der Waals surface area contributed by atoms with Crippen molar-refractivity contribution in [3.63, 3.8) is 0 Å². The molecule has 1 fully saturated rings. The smallest absolute Gasteiger partial charge is 0.239 e. The van der Waals surface area contributed by atoms with Gasteiger partial charge in [-0.15, -0.1) is 0 Å². The lowest BCUT2D eigenvalue weighted by Crippen LogP contribution is -2.37. The summed E-state index contributed by atoms with van der Waals surface area (Å²) < 4.78 is 14.9. The van der Waals surface area contributed by atoms with E-state index in [0.29, 0.717) is 25.7 Å². The van der Waals surface area contributed by atoms with Gasteiger partial charge in [0.25, 0.3) is 0 Å². The molecule has 0 unspecified atom stereocenters. The van der Waals surface area contributed by atoms with Gasteiger partial charge in [0, 0.05) is 54.4 Å². The molecule has 0 saturated carbocycles. The van der Waals surface area contributed by atoms with Crippen molar-refractivity contribution in [1.29, 1.82) is 0 Å². The van der Waals surface area contributed by atoms with Gasteiger partial charge in [0.2, 0.25) is 5.95 Å². The number of para-hydroxylation sites is 1. The van der Waals surface area contributed by atoms with Gasteiger partial charge in [-0.05, 0) is 43.2 Å². The number of aromatic nitrogens is 3. The van der Waals surface area contributed by atoms with Crippen molar-refractivity contribution in [2.75, 3.05) is 36.6 Å². The summed E-state index contributed by atoms with van der Waals surface area (Å²) in [6.45, 7) is 8.40. The molecule has 1 saturated heterocycles. The molecule has 5 aromatic rings. The lowest BCUT2D eigenvalue weighted by molar-refractivity contribution is 0.122. The van der Waals surface area contributed by atoms with E-state index in [-0.39, 0.29) is 6.10 Å². The second kappa shape index (κ2) is 11.4. The van der Waals surface area contributed by atoms with Gasteiger partial charge in [0.1, 0.15) is 0 Å². The Hall–Kier alpha value is -3.37. The first-order valence-electron chi connectivity index (χ1n) is 13.1. The monoisotopic (exact) mass is 562 g/mol. The number of nitrogens with zero attached hydrogens (tertiary/aromatic N) is 4. The van der Waals surface area contributed by atoms with Gasteiger partial charge in [-0.2, -0.15) is 4.98 Å². The minimum Gasteiger partial charge on any atom is -0.481 e. The first-order chi connectivity index (χ1) is 19.0. The Morgan fingerprint density at radius 3 is 2.67 bits per heavy atom. The second-order valence-electron chi connectivity index (χ2n) is 9.82. The number of hydrazine groups is 1. The number of ether oxygens (including phenoxy) is 2. The third-order valence-corrected chi connectivity index (χ3v) is 7.87. The van der Waals surface area contributed by atoms with Crippen molar-refractivity contribution >= 4 is 55.8 Å². The number of benzene rings is 2. The van der Waals surface area contributed by atoms with Crippen molar-refractivity contribution in [3.8, 4) is 5.06 Å². The van der Waals surface area contributed by atoms with Crippen molar-refractivity contribution in [2.24, 2.45) is 0 Å². The summed E-state index contributed by atoms with van der Waals surface area (Å²) in [6.07, 6.45) is 2.30. The van der Waals surface area contributed by atoms with Crippen LogP contribution >= 0.6 is 22.9 Å². The predicted molar refractivity (Wildman–Crippen MR) is 159 cm³/mol. The fraction of sp³-hybridized carbons (Fsp3) is 0.310. The number of halogens is 1. The lowest BCUT2D eigenvalue weighted by Gasteiger charge is -2.28. The second-order valence-corrected chi connectivity index (χ2v) is 11.3. The van der Waals surface area contributed by atoms with Crippen LogP contribution in [0.4, 0.5) is 11.8 Å². The third-order valence-electron chi connectivity index (χ3n) is 6.61.